The number of halogens is 4. The van der Waals surface area contributed by atoms with Gasteiger partial charge in [-0.05, 0) is 141 Å². The molecule has 1 aliphatic carbocycles. The Morgan fingerprint density at radius 3 is 1.71 bits per heavy atom. The minimum Gasteiger partial charge on any atom is -0.508 e. The van der Waals surface area contributed by atoms with Gasteiger partial charge in [0.1, 0.15) is 17.2 Å². The lowest BCUT2D eigenvalue weighted by Gasteiger charge is -2.23. The first-order valence-corrected chi connectivity index (χ1v) is 18.4. The molecule has 52 heavy (non-hydrogen) atoms. The van der Waals surface area contributed by atoms with Crippen LogP contribution in [0, 0.1) is 13.8 Å². The van der Waals surface area contributed by atoms with Crippen molar-refractivity contribution in [2.24, 2.45) is 0 Å². The lowest BCUT2D eigenvalue weighted by atomic mass is 9.93. The van der Waals surface area contributed by atoms with E-state index in [9.17, 15) is 15.3 Å². The summed E-state index contributed by atoms with van der Waals surface area (Å²) in [6.07, 6.45) is 7.55. The van der Waals surface area contributed by atoms with E-state index in [-0.39, 0.29) is 5.75 Å². The molecule has 0 aliphatic heterocycles. The summed E-state index contributed by atoms with van der Waals surface area (Å²) in [7, 11) is 0. The highest BCUT2D eigenvalue weighted by Crippen LogP contribution is 2.29. The van der Waals surface area contributed by atoms with Crippen LogP contribution in [0.4, 0.5) is 0 Å². The van der Waals surface area contributed by atoms with Crippen LogP contribution in [0.15, 0.2) is 132 Å². The minimum atomic E-state index is -0.692. The smallest absolute Gasteiger partial charge is 0.119 e. The fourth-order valence-corrected chi connectivity index (χ4v) is 5.94. The molecule has 0 saturated carbocycles. The normalized spacial score (nSPS) is 14.6. The maximum absolute atomic E-state index is 9.84. The summed E-state index contributed by atoms with van der Waals surface area (Å²) in [5.41, 5.74) is 6.61. The number of hydrogen-bond donors (Lipinski definition) is 4. The third-order valence-electron chi connectivity index (χ3n) is 8.34. The molecule has 0 radical (unpaired) electrons. The van der Waals surface area contributed by atoms with Crippen molar-refractivity contribution >= 4 is 46.4 Å². The van der Waals surface area contributed by atoms with Crippen LogP contribution in [0.5, 0.6) is 17.2 Å². The van der Waals surface area contributed by atoms with Crippen molar-refractivity contribution in [3.63, 3.8) is 0 Å². The van der Waals surface area contributed by atoms with Crippen LogP contribution < -0.4 is 0 Å². The van der Waals surface area contributed by atoms with Gasteiger partial charge in [0.2, 0.25) is 0 Å². The van der Waals surface area contributed by atoms with E-state index in [1.54, 1.807) is 61.5 Å². The third-order valence-corrected chi connectivity index (χ3v) is 9.86. The Bertz CT molecular complexity index is 1940. The van der Waals surface area contributed by atoms with Gasteiger partial charge in [0.25, 0.3) is 0 Å². The molecule has 0 saturated heterocycles. The lowest BCUT2D eigenvalue weighted by molar-refractivity contribution is 0.110. The van der Waals surface area contributed by atoms with E-state index in [1.807, 2.05) is 63.2 Å². The molecule has 0 amide bonds. The number of aryl methyl sites for hydroxylation is 4. The Hall–Kier alpha value is -3.90. The predicted octanol–water partition coefficient (Wildman–Crippen LogP) is 12.5. The first-order chi connectivity index (χ1) is 24.6. The van der Waals surface area contributed by atoms with E-state index >= 15 is 0 Å². The molecule has 0 aromatic heterocycles. The quantitative estimate of drug-likeness (QED) is 0.138. The van der Waals surface area contributed by atoms with E-state index in [0.717, 1.165) is 58.5 Å². The van der Waals surface area contributed by atoms with E-state index in [1.165, 1.54) is 11.1 Å². The van der Waals surface area contributed by atoms with E-state index in [4.69, 9.17) is 51.5 Å². The molecule has 0 bridgehead atoms. The number of phenolic OH excluding ortho intramolecular Hbond substituents is 3. The van der Waals surface area contributed by atoms with Crippen LogP contribution in [-0.4, -0.2) is 26.0 Å². The monoisotopic (exact) mass is 778 g/mol. The molecule has 1 unspecified atom stereocenters. The van der Waals surface area contributed by atoms with Gasteiger partial charge < -0.3 is 20.4 Å². The highest BCUT2D eigenvalue weighted by molar-refractivity contribution is 6.32. The standard InChI is InChI=1S/C15H15ClO.C14H13ClO.C8H11ClO.C7H7ClO/c1-11-13(15(17)10-9-14(11)16)8-7-12-5-3-2-4-6-12;15-13-8-9-14(16)12(10-13)7-6-11-4-2-1-3-5-11;1-6-5-8(2,10)4-3-7(6)9;1-5-4-6(9)2-3-7(5)8/h2-6,9-10,17H,7-8H2,1H3;1-5,8-10,16H,6-7H2;3-4,10H,5H2,1-2H3;2-4,9H,1H3. The van der Waals surface area contributed by atoms with E-state index in [2.05, 4.69) is 24.3 Å². The highest BCUT2D eigenvalue weighted by Gasteiger charge is 2.21. The Labute approximate surface area is 328 Å². The molecule has 5 aromatic rings. The average molecular weight is 781 g/mol. The topological polar surface area (TPSA) is 80.9 Å². The number of benzene rings is 5. The van der Waals surface area contributed by atoms with E-state index in [0.29, 0.717) is 33.0 Å². The predicted molar refractivity (Wildman–Crippen MR) is 219 cm³/mol. The molecule has 1 aliphatic rings. The van der Waals surface area contributed by atoms with Crippen molar-refractivity contribution in [3.05, 3.63) is 180 Å². The van der Waals surface area contributed by atoms with Gasteiger partial charge in [0.15, 0.2) is 0 Å². The largest absolute Gasteiger partial charge is 0.508 e. The number of allylic oxidation sites excluding steroid dienone is 2. The molecular formula is C44H46Cl4O4. The van der Waals surface area contributed by atoms with E-state index < -0.39 is 5.60 Å². The zero-order chi connectivity index (χ0) is 38.3. The summed E-state index contributed by atoms with van der Waals surface area (Å²) >= 11 is 23.4. The second kappa shape index (κ2) is 21.0. The van der Waals surface area contributed by atoms with Crippen molar-refractivity contribution < 1.29 is 20.4 Å². The number of phenols is 3. The molecule has 4 nitrogen and oxygen atoms in total. The number of aliphatic hydroxyl groups is 1. The second-order valence-electron chi connectivity index (χ2n) is 12.8. The van der Waals surface area contributed by atoms with Gasteiger partial charge in [-0.1, -0.05) is 119 Å². The first kappa shape index (κ1) is 42.5. The lowest BCUT2D eigenvalue weighted by Crippen LogP contribution is -2.23. The van der Waals surface area contributed by atoms with Crippen molar-refractivity contribution in [3.8, 4) is 17.2 Å². The fraction of sp³-hybridized carbons (Fsp3) is 0.227. The SMILES string of the molecule is CC1=C(Cl)C=CC(C)(O)C1.Cc1c(Cl)ccc(O)c1CCc1ccccc1.Cc1cc(O)ccc1Cl.Oc1ccc(Cl)cc1CCc1ccccc1. The van der Waals surface area contributed by atoms with Gasteiger partial charge in [-0.2, -0.15) is 0 Å². The number of aromatic hydroxyl groups is 3. The summed E-state index contributed by atoms with van der Waals surface area (Å²) in [5.74, 6) is 0.917. The Morgan fingerprint density at radius 1 is 0.615 bits per heavy atom. The Morgan fingerprint density at radius 2 is 1.17 bits per heavy atom. The zero-order valence-electron chi connectivity index (χ0n) is 29.9. The molecule has 1 atom stereocenters. The number of rotatable bonds is 6. The summed E-state index contributed by atoms with van der Waals surface area (Å²) in [4.78, 5) is 0. The highest BCUT2D eigenvalue weighted by atomic mass is 35.5. The Balaban J connectivity index is 0.000000194. The zero-order valence-corrected chi connectivity index (χ0v) is 32.9. The molecule has 5 aromatic carbocycles. The van der Waals surface area contributed by atoms with Gasteiger partial charge in [0, 0.05) is 26.5 Å². The Kier molecular flexibility index (Phi) is 17.1. The molecule has 0 fully saturated rings. The maximum Gasteiger partial charge on any atom is 0.119 e. The summed E-state index contributed by atoms with van der Waals surface area (Å²) in [6, 6.07) is 33.9. The van der Waals surface area contributed by atoms with Gasteiger partial charge in [-0.25, -0.2) is 0 Å². The summed E-state index contributed by atoms with van der Waals surface area (Å²) < 4.78 is 0. The molecule has 0 spiro atoms. The number of hydrogen-bond acceptors (Lipinski definition) is 4. The van der Waals surface area contributed by atoms with Crippen LogP contribution in [0.2, 0.25) is 15.1 Å². The molecule has 6 rings (SSSR count). The summed E-state index contributed by atoms with van der Waals surface area (Å²) in [6.45, 7) is 7.50. The summed E-state index contributed by atoms with van der Waals surface area (Å²) in [5, 5.41) is 40.7. The van der Waals surface area contributed by atoms with Crippen molar-refractivity contribution in [1.29, 1.82) is 0 Å². The minimum absolute atomic E-state index is 0.261. The van der Waals surface area contributed by atoms with Crippen LogP contribution >= 0.6 is 46.4 Å². The van der Waals surface area contributed by atoms with Crippen LogP contribution in [0.1, 0.15) is 53.6 Å². The average Bonchev–Trinajstić information content (AvgIpc) is 3.12. The first-order valence-electron chi connectivity index (χ1n) is 16.9. The maximum atomic E-state index is 9.84. The van der Waals surface area contributed by atoms with Gasteiger partial charge in [-0.3, -0.25) is 0 Å². The van der Waals surface area contributed by atoms with Crippen molar-refractivity contribution in [2.75, 3.05) is 0 Å². The van der Waals surface area contributed by atoms with Crippen LogP contribution in [-0.2, 0) is 25.7 Å². The fourth-order valence-electron chi connectivity index (χ4n) is 5.33. The second-order valence-corrected chi connectivity index (χ2v) is 14.5. The van der Waals surface area contributed by atoms with Crippen molar-refractivity contribution in [1.82, 2.24) is 0 Å². The molecular weight excluding hydrogens is 734 g/mol. The van der Waals surface area contributed by atoms with Crippen LogP contribution in [0.25, 0.3) is 0 Å². The molecule has 4 N–H and O–H groups in total. The molecule has 8 heteroatoms. The van der Waals surface area contributed by atoms with Gasteiger partial charge in [0.05, 0.1) is 5.60 Å². The van der Waals surface area contributed by atoms with Crippen LogP contribution in [0.3, 0.4) is 0 Å². The van der Waals surface area contributed by atoms with Crippen molar-refractivity contribution in [2.45, 2.75) is 65.4 Å². The molecule has 0 heterocycles. The van der Waals surface area contributed by atoms with Gasteiger partial charge >= 0.3 is 0 Å². The third kappa shape index (κ3) is 14.6. The molecule has 274 valence electrons. The van der Waals surface area contributed by atoms with Gasteiger partial charge in [-0.15, -0.1) is 0 Å².